The second-order valence-corrected chi connectivity index (χ2v) is 5.76. The van der Waals surface area contributed by atoms with E-state index >= 15 is 0 Å². The Morgan fingerprint density at radius 3 is 2.45 bits per heavy atom. The molecule has 4 rings (SSSR count). The van der Waals surface area contributed by atoms with Gasteiger partial charge in [0.05, 0.1) is 0 Å². The molecule has 0 heterocycles. The summed E-state index contributed by atoms with van der Waals surface area (Å²) in [5.74, 6) is 0.176. The first kappa shape index (κ1) is 13.0. The molecule has 0 aromatic heterocycles. The van der Waals surface area contributed by atoms with Crippen molar-refractivity contribution in [3.05, 3.63) is 89.0 Å². The molecule has 106 valence electrons. The van der Waals surface area contributed by atoms with Crippen LogP contribution in [-0.2, 0) is 6.42 Å². The molecule has 22 heavy (non-hydrogen) atoms. The first-order valence-corrected chi connectivity index (χ1v) is 7.63. The van der Waals surface area contributed by atoms with Crippen molar-refractivity contribution in [3.63, 3.8) is 0 Å². The molecule has 0 spiro atoms. The van der Waals surface area contributed by atoms with E-state index in [4.69, 9.17) is 0 Å². The average molecular weight is 284 g/mol. The van der Waals surface area contributed by atoms with Gasteiger partial charge in [-0.1, -0.05) is 60.7 Å². The number of hydrogen-bond donors (Lipinski definition) is 0. The van der Waals surface area contributed by atoms with E-state index in [1.54, 1.807) is 0 Å². The molecule has 0 atom stereocenters. The lowest BCUT2D eigenvalue weighted by molar-refractivity contribution is 0.102. The Hall–Kier alpha value is -2.67. The largest absolute Gasteiger partial charge is 0.289 e. The summed E-state index contributed by atoms with van der Waals surface area (Å²) in [6.07, 6.45) is 3.81. The molecule has 1 heteroatoms. The molecule has 0 saturated carbocycles. The Labute approximate surface area is 129 Å². The Balaban J connectivity index is 1.74. The molecule has 0 saturated heterocycles. The van der Waals surface area contributed by atoms with E-state index in [0.29, 0.717) is 0 Å². The fraction of sp³-hybridized carbons (Fsp3) is 0.0952. The van der Waals surface area contributed by atoms with Gasteiger partial charge in [-0.05, 0) is 46.9 Å². The minimum atomic E-state index is 0.176. The molecular weight excluding hydrogens is 268 g/mol. The average Bonchev–Trinajstić information content (AvgIpc) is 2.57. The van der Waals surface area contributed by atoms with Gasteiger partial charge in [-0.2, -0.15) is 0 Å². The minimum Gasteiger partial charge on any atom is -0.289 e. The number of allylic oxidation sites excluding steroid dienone is 1. The number of fused-ring (bicyclic) bond motifs is 2. The monoisotopic (exact) mass is 284 g/mol. The number of hydrogen-bond acceptors (Lipinski definition) is 1. The summed E-state index contributed by atoms with van der Waals surface area (Å²) in [6.45, 7) is 0. The summed E-state index contributed by atoms with van der Waals surface area (Å²) < 4.78 is 0. The lowest BCUT2D eigenvalue weighted by Gasteiger charge is -2.17. The molecule has 3 aromatic carbocycles. The fourth-order valence-corrected chi connectivity index (χ4v) is 3.15. The topological polar surface area (TPSA) is 17.1 Å². The highest BCUT2D eigenvalue weighted by atomic mass is 16.1. The summed E-state index contributed by atoms with van der Waals surface area (Å²) in [6, 6.07) is 22.6. The number of aryl methyl sites for hydroxylation is 1. The van der Waals surface area contributed by atoms with E-state index in [1.165, 1.54) is 16.3 Å². The Morgan fingerprint density at radius 2 is 1.55 bits per heavy atom. The van der Waals surface area contributed by atoms with Crippen LogP contribution >= 0.6 is 0 Å². The maximum atomic E-state index is 12.6. The maximum absolute atomic E-state index is 12.6. The van der Waals surface area contributed by atoms with E-state index < -0.39 is 0 Å². The molecule has 0 amide bonds. The summed E-state index contributed by atoms with van der Waals surface area (Å²) in [5.41, 5.74) is 4.04. The number of rotatable bonds is 1. The number of benzene rings is 3. The molecule has 3 aromatic rings. The predicted octanol–water partition coefficient (Wildman–Crippen LogP) is 5.05. The van der Waals surface area contributed by atoms with Gasteiger partial charge in [0.1, 0.15) is 0 Å². The Morgan fingerprint density at radius 1 is 0.773 bits per heavy atom. The first-order chi connectivity index (χ1) is 10.8. The zero-order valence-corrected chi connectivity index (χ0v) is 12.3. The lowest BCUT2D eigenvalue weighted by atomic mass is 9.86. The smallest absolute Gasteiger partial charge is 0.189 e. The van der Waals surface area contributed by atoms with Gasteiger partial charge < -0.3 is 0 Å². The van der Waals surface area contributed by atoms with Gasteiger partial charge in [0.15, 0.2) is 5.78 Å². The minimum absolute atomic E-state index is 0.176. The van der Waals surface area contributed by atoms with Crippen molar-refractivity contribution in [2.75, 3.05) is 0 Å². The normalized spacial score (nSPS) is 16.0. The van der Waals surface area contributed by atoms with Crippen molar-refractivity contribution in [2.45, 2.75) is 12.8 Å². The van der Waals surface area contributed by atoms with Crippen molar-refractivity contribution >= 4 is 22.6 Å². The summed E-state index contributed by atoms with van der Waals surface area (Å²) in [7, 11) is 0. The van der Waals surface area contributed by atoms with E-state index in [0.717, 1.165) is 29.5 Å². The van der Waals surface area contributed by atoms with E-state index in [9.17, 15) is 4.79 Å². The number of carbonyl (C=O) groups excluding carboxylic acids is 1. The van der Waals surface area contributed by atoms with E-state index in [-0.39, 0.29) is 5.78 Å². The molecular formula is C21H16O. The highest BCUT2D eigenvalue weighted by Crippen LogP contribution is 2.27. The molecule has 0 fully saturated rings. The molecule has 0 bridgehead atoms. The van der Waals surface area contributed by atoms with Crippen molar-refractivity contribution in [2.24, 2.45) is 0 Å². The van der Waals surface area contributed by atoms with Crippen molar-refractivity contribution in [3.8, 4) is 0 Å². The first-order valence-electron chi connectivity index (χ1n) is 7.63. The van der Waals surface area contributed by atoms with Gasteiger partial charge in [0, 0.05) is 11.1 Å². The van der Waals surface area contributed by atoms with Gasteiger partial charge in [-0.25, -0.2) is 0 Å². The SMILES string of the molecule is O=C1/C(=C\c2ccc3ccccc3c2)CCc2ccccc21. The Kier molecular flexibility index (Phi) is 3.12. The van der Waals surface area contributed by atoms with Crippen LogP contribution in [0.1, 0.15) is 27.9 Å². The highest BCUT2D eigenvalue weighted by Gasteiger charge is 2.20. The fourth-order valence-electron chi connectivity index (χ4n) is 3.15. The van der Waals surface area contributed by atoms with Crippen molar-refractivity contribution < 1.29 is 4.79 Å². The molecule has 1 aliphatic rings. The van der Waals surface area contributed by atoms with Crippen molar-refractivity contribution in [1.29, 1.82) is 0 Å². The zero-order valence-electron chi connectivity index (χ0n) is 12.3. The second-order valence-electron chi connectivity index (χ2n) is 5.76. The maximum Gasteiger partial charge on any atom is 0.189 e. The van der Waals surface area contributed by atoms with Gasteiger partial charge in [-0.3, -0.25) is 4.79 Å². The van der Waals surface area contributed by atoms with Crippen LogP contribution < -0.4 is 0 Å². The van der Waals surface area contributed by atoms with Crippen LogP contribution in [0.5, 0.6) is 0 Å². The van der Waals surface area contributed by atoms with Gasteiger partial charge in [-0.15, -0.1) is 0 Å². The third-order valence-electron chi connectivity index (χ3n) is 4.33. The third kappa shape index (κ3) is 2.25. The zero-order chi connectivity index (χ0) is 14.9. The quantitative estimate of drug-likeness (QED) is 0.571. The Bertz CT molecular complexity index is 902. The van der Waals surface area contributed by atoms with E-state index in [1.807, 2.05) is 36.4 Å². The van der Waals surface area contributed by atoms with Crippen LogP contribution in [0.4, 0.5) is 0 Å². The van der Waals surface area contributed by atoms with E-state index in [2.05, 4.69) is 36.4 Å². The highest BCUT2D eigenvalue weighted by molar-refractivity contribution is 6.13. The van der Waals surface area contributed by atoms with Crippen LogP contribution in [0.3, 0.4) is 0 Å². The summed E-state index contributed by atoms with van der Waals surface area (Å²) in [4.78, 5) is 12.6. The van der Waals surface area contributed by atoms with Crippen LogP contribution in [0.15, 0.2) is 72.3 Å². The number of Topliss-reactive ketones (excluding diaryl/α,β-unsaturated/α-hetero) is 1. The number of ketones is 1. The third-order valence-corrected chi connectivity index (χ3v) is 4.33. The molecule has 0 aliphatic heterocycles. The molecule has 1 nitrogen and oxygen atoms in total. The van der Waals surface area contributed by atoms with Crippen LogP contribution in [0.25, 0.3) is 16.8 Å². The second kappa shape index (κ2) is 5.27. The van der Waals surface area contributed by atoms with Crippen molar-refractivity contribution in [1.82, 2.24) is 0 Å². The van der Waals surface area contributed by atoms with Crippen LogP contribution in [-0.4, -0.2) is 5.78 Å². The van der Waals surface area contributed by atoms with Gasteiger partial charge >= 0.3 is 0 Å². The molecule has 0 unspecified atom stereocenters. The summed E-state index contributed by atoms with van der Waals surface area (Å²) in [5, 5.41) is 2.44. The van der Waals surface area contributed by atoms with Gasteiger partial charge in [0.25, 0.3) is 0 Å². The molecule has 0 radical (unpaired) electrons. The summed E-state index contributed by atoms with van der Waals surface area (Å²) >= 11 is 0. The van der Waals surface area contributed by atoms with Crippen LogP contribution in [0.2, 0.25) is 0 Å². The standard InChI is InChI=1S/C21H16O/c22-21-19(12-11-17-6-3-4-8-20(17)21)14-15-9-10-16-5-1-2-7-18(16)13-15/h1-10,13-14H,11-12H2/b19-14-. The number of carbonyl (C=O) groups is 1. The predicted molar refractivity (Wildman–Crippen MR) is 91.0 cm³/mol. The van der Waals surface area contributed by atoms with Gasteiger partial charge in [0.2, 0.25) is 0 Å². The lowest BCUT2D eigenvalue weighted by Crippen LogP contribution is -2.13. The molecule has 1 aliphatic carbocycles. The molecule has 0 N–H and O–H groups in total. The van der Waals surface area contributed by atoms with Crippen LogP contribution in [0, 0.1) is 0 Å².